The molecule has 0 saturated carbocycles. The normalized spacial score (nSPS) is 15.0. The van der Waals surface area contributed by atoms with E-state index in [0.717, 1.165) is 22.1 Å². The largest absolute Gasteiger partial charge is 0.173 e. The van der Waals surface area contributed by atoms with E-state index in [1.165, 1.54) is 370 Å². The Morgan fingerprint density at radius 1 is 0.330 bits per heavy atom. The molecule has 1 unspecified atom stereocenters. The summed E-state index contributed by atoms with van der Waals surface area (Å²) in [7, 11) is 0. The molecular formula is C80H116N4S4. The molecule has 4 aromatic heterocycles. The van der Waals surface area contributed by atoms with Crippen LogP contribution in [0.2, 0.25) is 0 Å². The molecule has 7 aromatic rings. The van der Waals surface area contributed by atoms with Crippen LogP contribution in [0.3, 0.4) is 0 Å². The molecule has 3 aromatic carbocycles. The van der Waals surface area contributed by atoms with E-state index in [9.17, 15) is 0 Å². The zero-order valence-corrected chi connectivity index (χ0v) is 59.8. The third-order valence-electron chi connectivity index (χ3n) is 21.9. The van der Waals surface area contributed by atoms with Crippen molar-refractivity contribution in [2.24, 2.45) is 0 Å². The van der Waals surface area contributed by atoms with Crippen molar-refractivity contribution in [2.45, 2.75) is 348 Å². The Bertz CT molecular complexity index is 3210. The van der Waals surface area contributed by atoms with Crippen LogP contribution in [0.15, 0.2) is 36.4 Å². The second-order valence-corrected chi connectivity index (χ2v) is 31.8. The van der Waals surface area contributed by atoms with Gasteiger partial charge in [0.15, 0.2) is 0 Å². The van der Waals surface area contributed by atoms with Crippen molar-refractivity contribution in [3.63, 3.8) is 0 Å². The Morgan fingerprint density at radius 2 is 0.648 bits per heavy atom. The number of hydrogen-bond acceptors (Lipinski definition) is 8. The number of aromatic nitrogens is 4. The second-order valence-electron chi connectivity index (χ2n) is 28.5. The van der Waals surface area contributed by atoms with Crippen molar-refractivity contribution in [1.82, 2.24) is 17.5 Å². The Hall–Kier alpha value is -3.30. The number of fused-ring (bicyclic) bond motifs is 13. The third-order valence-corrected chi connectivity index (χ3v) is 25.4. The topological polar surface area (TPSA) is 51.6 Å². The number of benzene rings is 3. The van der Waals surface area contributed by atoms with Gasteiger partial charge in [-0.15, -0.1) is 22.7 Å². The minimum atomic E-state index is -0.125. The highest BCUT2D eigenvalue weighted by Crippen LogP contribution is 2.64. The average molecular weight is 1260 g/mol. The molecule has 88 heavy (non-hydrogen) atoms. The van der Waals surface area contributed by atoms with Crippen molar-refractivity contribution in [2.75, 3.05) is 0 Å². The van der Waals surface area contributed by atoms with Gasteiger partial charge in [-0.05, 0) is 120 Å². The van der Waals surface area contributed by atoms with Crippen LogP contribution in [-0.2, 0) is 10.8 Å². The Labute approximate surface area is 552 Å². The highest BCUT2D eigenvalue weighted by atomic mass is 32.1. The molecule has 0 aliphatic heterocycles. The fraction of sp³-hybridized carbons (Fsp3) is 0.675. The van der Waals surface area contributed by atoms with Gasteiger partial charge in [-0.1, -0.05) is 298 Å². The first-order valence-electron chi connectivity index (χ1n) is 37.3. The minimum Gasteiger partial charge on any atom is -0.173 e. The van der Waals surface area contributed by atoms with Crippen LogP contribution in [0.1, 0.15) is 367 Å². The summed E-state index contributed by atoms with van der Waals surface area (Å²) in [5.74, 6) is 0.420. The van der Waals surface area contributed by atoms with E-state index in [-0.39, 0.29) is 10.8 Å². The molecule has 0 spiro atoms. The zero-order chi connectivity index (χ0) is 61.1. The standard InChI is InChI=1S/C80H116N4S4/c1-8-12-16-20-24-28-32-36-40-44-48-79(49-45-41-37-33-29-25-21-17-13-9-2)66-55-64-67(54-63(66)71-68(79)52-58(5)73-75(71)83-87-81-73)80(50-46-42-38-34-30-26-22-18-14-10-3,51-47-43-39-35-31-27-23-19-15-11-4)69-56-65(74-76(72(64)69)84-88-82-74)70-57-62-60(7)61-53-59(6)85-77(61)78(62)86-70/h52-57,60H,8-51H2,1-7H3. The van der Waals surface area contributed by atoms with Crippen LogP contribution in [-0.4, -0.2) is 17.5 Å². The third kappa shape index (κ3) is 15.5. The molecule has 480 valence electrons. The fourth-order valence-corrected chi connectivity index (χ4v) is 20.6. The Morgan fingerprint density at radius 3 is 1.06 bits per heavy atom. The van der Waals surface area contributed by atoms with Gasteiger partial charge in [0.05, 0.1) is 23.5 Å². The fourth-order valence-electron chi connectivity index (χ4n) is 16.8. The van der Waals surface area contributed by atoms with Crippen molar-refractivity contribution in [1.29, 1.82) is 0 Å². The number of hydrogen-bond donors (Lipinski definition) is 0. The highest BCUT2D eigenvalue weighted by Gasteiger charge is 2.50. The quantitative estimate of drug-likeness (QED) is 0.0357. The molecule has 10 rings (SSSR count). The number of nitrogens with zero attached hydrogens (tertiary/aromatic N) is 4. The van der Waals surface area contributed by atoms with Gasteiger partial charge in [0.2, 0.25) is 0 Å². The van der Waals surface area contributed by atoms with Gasteiger partial charge in [0.25, 0.3) is 0 Å². The lowest BCUT2D eigenvalue weighted by atomic mass is 9.68. The van der Waals surface area contributed by atoms with Gasteiger partial charge in [0, 0.05) is 52.9 Å². The molecule has 3 aliphatic carbocycles. The van der Waals surface area contributed by atoms with Crippen LogP contribution in [0, 0.1) is 13.8 Å². The minimum absolute atomic E-state index is 0.0757. The van der Waals surface area contributed by atoms with E-state index in [0.29, 0.717) is 5.92 Å². The van der Waals surface area contributed by atoms with Crippen LogP contribution < -0.4 is 0 Å². The molecule has 0 fully saturated rings. The number of thiophene rings is 2. The predicted molar refractivity (Wildman–Crippen MR) is 390 cm³/mol. The predicted octanol–water partition coefficient (Wildman–Crippen LogP) is 28.0. The van der Waals surface area contributed by atoms with E-state index in [1.807, 2.05) is 22.7 Å². The average Bonchev–Trinajstić information content (AvgIpc) is 1.63. The molecule has 3 aliphatic rings. The van der Waals surface area contributed by atoms with Gasteiger partial charge < -0.3 is 0 Å². The first kappa shape index (κ1) is 67.6. The SMILES string of the molecule is CCCCCCCCCCCCC1(CCCCCCCCCCCC)c2cc3c(cc2-c2c1cc(C)c1nsnc21)C(CCCCCCCCCCCC)(CCCCCCCCCCCC)c1cc(-c2cc4c(s2)-c2sc(C)cc2C4C)c2nsnc2c1-3. The van der Waals surface area contributed by atoms with Crippen molar-refractivity contribution < 1.29 is 0 Å². The maximum absolute atomic E-state index is 5.52. The van der Waals surface area contributed by atoms with Crippen molar-refractivity contribution >= 4 is 68.2 Å². The number of aryl methyl sites for hydroxylation is 2. The number of rotatable bonds is 45. The molecule has 0 radical (unpaired) electrons. The summed E-state index contributed by atoms with van der Waals surface area (Å²) in [6, 6.07) is 16.1. The summed E-state index contributed by atoms with van der Waals surface area (Å²) in [5, 5.41) is 0. The molecule has 4 heterocycles. The molecule has 0 N–H and O–H groups in total. The smallest absolute Gasteiger partial charge is 0.114 e. The summed E-state index contributed by atoms with van der Waals surface area (Å²) >= 11 is 6.92. The van der Waals surface area contributed by atoms with Gasteiger partial charge in [-0.3, -0.25) is 0 Å². The lowest BCUT2D eigenvalue weighted by Gasteiger charge is -2.35. The first-order valence-corrected chi connectivity index (χ1v) is 40.4. The zero-order valence-electron chi connectivity index (χ0n) is 56.6. The first-order chi connectivity index (χ1) is 43.3. The van der Waals surface area contributed by atoms with Crippen molar-refractivity contribution in [3.05, 3.63) is 80.2 Å². The number of unbranched alkanes of at least 4 members (excludes halogenated alkanes) is 36. The van der Waals surface area contributed by atoms with E-state index in [2.05, 4.69) is 84.9 Å². The summed E-state index contributed by atoms with van der Waals surface area (Å²) in [5.41, 5.74) is 22.2. The molecular weight excluding hydrogens is 1150 g/mol. The molecule has 0 amide bonds. The summed E-state index contributed by atoms with van der Waals surface area (Å²) < 4.78 is 21.3. The summed E-state index contributed by atoms with van der Waals surface area (Å²) in [6.07, 6.45) is 59.3. The van der Waals surface area contributed by atoms with Gasteiger partial charge >= 0.3 is 0 Å². The van der Waals surface area contributed by atoms with Crippen LogP contribution in [0.25, 0.3) is 64.5 Å². The van der Waals surface area contributed by atoms with E-state index in [1.54, 1.807) is 22.3 Å². The molecule has 0 saturated heterocycles. The molecule has 8 heteroatoms. The van der Waals surface area contributed by atoms with E-state index >= 15 is 0 Å². The molecule has 0 bridgehead atoms. The van der Waals surface area contributed by atoms with Gasteiger partial charge in [0.1, 0.15) is 22.1 Å². The Balaban J connectivity index is 1.07. The second kappa shape index (κ2) is 34.0. The van der Waals surface area contributed by atoms with E-state index < -0.39 is 0 Å². The lowest BCUT2D eigenvalue weighted by molar-refractivity contribution is 0.393. The van der Waals surface area contributed by atoms with Crippen LogP contribution >= 0.6 is 46.1 Å². The van der Waals surface area contributed by atoms with Gasteiger partial charge in [-0.2, -0.15) is 17.5 Å². The maximum atomic E-state index is 5.52. The monoisotopic (exact) mass is 1260 g/mol. The molecule has 4 nitrogen and oxygen atoms in total. The summed E-state index contributed by atoms with van der Waals surface area (Å²) in [4.78, 5) is 5.80. The highest BCUT2D eigenvalue weighted by molar-refractivity contribution is 7.24. The van der Waals surface area contributed by atoms with E-state index in [4.69, 9.17) is 17.5 Å². The van der Waals surface area contributed by atoms with Crippen molar-refractivity contribution in [3.8, 4) is 42.4 Å². The Kier molecular flexibility index (Phi) is 26.1. The van der Waals surface area contributed by atoms with Crippen LogP contribution in [0.5, 0.6) is 0 Å². The lowest BCUT2D eigenvalue weighted by Crippen LogP contribution is -2.27. The summed E-state index contributed by atoms with van der Waals surface area (Å²) in [6.45, 7) is 16.4. The van der Waals surface area contributed by atoms with Gasteiger partial charge in [-0.25, -0.2) is 0 Å². The molecule has 1 atom stereocenters. The van der Waals surface area contributed by atoms with Crippen LogP contribution in [0.4, 0.5) is 0 Å². The maximum Gasteiger partial charge on any atom is 0.114 e.